The van der Waals surface area contributed by atoms with Crippen LogP contribution in [0.3, 0.4) is 0 Å². The molecule has 0 amide bonds. The molecule has 3 aromatic rings. The number of hydrogen-bond donors (Lipinski definition) is 0. The molecule has 3 heteroatoms. The maximum Gasteiger partial charge on any atom is 0.152 e. The molecule has 108 valence electrons. The average Bonchev–Trinajstić information content (AvgIpc) is 3.38. The Kier molecular flexibility index (Phi) is 3.00. The fourth-order valence-corrected chi connectivity index (χ4v) is 2.92. The van der Waals surface area contributed by atoms with E-state index in [2.05, 4.69) is 4.98 Å². The number of nitrogens with zero attached hydrogens (tertiary/aromatic N) is 1. The molecule has 0 bridgehead atoms. The Labute approximate surface area is 127 Å². The van der Waals surface area contributed by atoms with Gasteiger partial charge in [-0.1, -0.05) is 18.2 Å². The zero-order valence-electron chi connectivity index (χ0n) is 11.9. The number of halogens is 1. The highest BCUT2D eigenvalue weighted by Gasteiger charge is 2.28. The lowest BCUT2D eigenvalue weighted by Gasteiger charge is -2.11. The molecule has 4 rings (SSSR count). The van der Waals surface area contributed by atoms with Gasteiger partial charge in [-0.05, 0) is 54.7 Å². The van der Waals surface area contributed by atoms with Gasteiger partial charge in [-0.2, -0.15) is 0 Å². The van der Waals surface area contributed by atoms with Gasteiger partial charge in [0.15, 0.2) is 6.29 Å². The van der Waals surface area contributed by atoms with Crippen molar-refractivity contribution in [3.8, 4) is 11.3 Å². The Balaban J connectivity index is 1.99. The van der Waals surface area contributed by atoms with Crippen LogP contribution in [0, 0.1) is 5.82 Å². The third-order valence-electron chi connectivity index (χ3n) is 4.17. The van der Waals surface area contributed by atoms with Gasteiger partial charge in [-0.3, -0.25) is 4.79 Å². The lowest BCUT2D eigenvalue weighted by molar-refractivity contribution is 0.112. The normalized spacial score (nSPS) is 14.2. The van der Waals surface area contributed by atoms with E-state index in [-0.39, 0.29) is 5.82 Å². The lowest BCUT2D eigenvalue weighted by Crippen LogP contribution is -1.97. The standard InChI is InChI=1S/C19H14FNO/c20-15-7-8-16(17(10-15)12-5-6-12)19-14(11-22)9-13-3-1-2-4-18(13)21-19/h1-4,7-12H,5-6H2. The monoisotopic (exact) mass is 291 g/mol. The first kappa shape index (κ1) is 13.1. The molecule has 0 aliphatic heterocycles. The van der Waals surface area contributed by atoms with Crippen molar-refractivity contribution in [3.05, 3.63) is 65.5 Å². The highest BCUT2D eigenvalue weighted by atomic mass is 19.1. The summed E-state index contributed by atoms with van der Waals surface area (Å²) in [7, 11) is 0. The first-order valence-corrected chi connectivity index (χ1v) is 7.41. The number of pyridine rings is 1. The molecule has 0 spiro atoms. The number of carbonyl (C=O) groups is 1. The van der Waals surface area contributed by atoms with Crippen LogP contribution in [0.5, 0.6) is 0 Å². The molecule has 2 aromatic carbocycles. The Morgan fingerprint density at radius 2 is 1.91 bits per heavy atom. The van der Waals surface area contributed by atoms with Crippen LogP contribution in [-0.4, -0.2) is 11.3 Å². The summed E-state index contributed by atoms with van der Waals surface area (Å²) < 4.78 is 13.6. The number of para-hydroxylation sites is 1. The molecule has 1 heterocycles. The summed E-state index contributed by atoms with van der Waals surface area (Å²) in [6, 6.07) is 14.3. The van der Waals surface area contributed by atoms with Crippen molar-refractivity contribution in [1.29, 1.82) is 0 Å². The second-order valence-electron chi connectivity index (χ2n) is 5.74. The molecule has 1 fully saturated rings. The SMILES string of the molecule is O=Cc1cc2ccccc2nc1-c1ccc(F)cc1C1CC1. The summed E-state index contributed by atoms with van der Waals surface area (Å²) in [6.45, 7) is 0. The Bertz CT molecular complexity index is 884. The molecule has 1 aromatic heterocycles. The van der Waals surface area contributed by atoms with Crippen LogP contribution in [0.25, 0.3) is 22.2 Å². The maximum atomic E-state index is 13.6. The zero-order chi connectivity index (χ0) is 15.1. The number of aromatic nitrogens is 1. The summed E-state index contributed by atoms with van der Waals surface area (Å²) in [6.07, 6.45) is 2.97. The number of hydrogen-bond acceptors (Lipinski definition) is 2. The minimum absolute atomic E-state index is 0.237. The van der Waals surface area contributed by atoms with Crippen LogP contribution in [0.2, 0.25) is 0 Å². The van der Waals surface area contributed by atoms with Crippen molar-refractivity contribution in [2.75, 3.05) is 0 Å². The highest BCUT2D eigenvalue weighted by molar-refractivity contribution is 5.94. The van der Waals surface area contributed by atoms with Crippen LogP contribution in [0.4, 0.5) is 4.39 Å². The van der Waals surface area contributed by atoms with E-state index in [1.54, 1.807) is 12.1 Å². The Morgan fingerprint density at radius 3 is 2.68 bits per heavy atom. The number of aldehydes is 1. The number of benzene rings is 2. The van der Waals surface area contributed by atoms with Gasteiger partial charge in [-0.25, -0.2) is 9.37 Å². The van der Waals surface area contributed by atoms with Gasteiger partial charge in [0.2, 0.25) is 0 Å². The van der Waals surface area contributed by atoms with E-state index >= 15 is 0 Å². The van der Waals surface area contributed by atoms with Crippen molar-refractivity contribution >= 4 is 17.2 Å². The highest BCUT2D eigenvalue weighted by Crippen LogP contribution is 2.45. The fraction of sp³-hybridized carbons (Fsp3) is 0.158. The first-order chi connectivity index (χ1) is 10.8. The van der Waals surface area contributed by atoms with Crippen molar-refractivity contribution in [1.82, 2.24) is 4.98 Å². The van der Waals surface area contributed by atoms with Crippen molar-refractivity contribution < 1.29 is 9.18 Å². The second-order valence-corrected chi connectivity index (χ2v) is 5.74. The lowest BCUT2D eigenvalue weighted by atomic mass is 9.96. The van der Waals surface area contributed by atoms with Crippen LogP contribution in [0.15, 0.2) is 48.5 Å². The number of rotatable bonds is 3. The summed E-state index contributed by atoms with van der Waals surface area (Å²) in [5.41, 5.74) is 3.87. The topological polar surface area (TPSA) is 30.0 Å². The predicted molar refractivity (Wildman–Crippen MR) is 84.5 cm³/mol. The molecule has 22 heavy (non-hydrogen) atoms. The van der Waals surface area contributed by atoms with Crippen LogP contribution in [-0.2, 0) is 0 Å². The minimum Gasteiger partial charge on any atom is -0.298 e. The van der Waals surface area contributed by atoms with Gasteiger partial charge in [-0.15, -0.1) is 0 Å². The van der Waals surface area contributed by atoms with E-state index in [1.807, 2.05) is 30.3 Å². The molecule has 0 atom stereocenters. The van der Waals surface area contributed by atoms with Crippen molar-refractivity contribution in [2.24, 2.45) is 0 Å². The van der Waals surface area contributed by atoms with Gasteiger partial charge >= 0.3 is 0 Å². The van der Waals surface area contributed by atoms with E-state index < -0.39 is 0 Å². The van der Waals surface area contributed by atoms with Gasteiger partial charge in [0.05, 0.1) is 11.2 Å². The van der Waals surface area contributed by atoms with Crippen molar-refractivity contribution in [3.63, 3.8) is 0 Å². The minimum atomic E-state index is -0.237. The van der Waals surface area contributed by atoms with E-state index in [4.69, 9.17) is 0 Å². The fourth-order valence-electron chi connectivity index (χ4n) is 2.92. The molecular formula is C19H14FNO. The molecule has 1 aliphatic rings. The quantitative estimate of drug-likeness (QED) is 0.653. The molecular weight excluding hydrogens is 277 g/mol. The molecule has 0 saturated heterocycles. The van der Waals surface area contributed by atoms with Crippen LogP contribution in [0.1, 0.15) is 34.7 Å². The van der Waals surface area contributed by atoms with Crippen molar-refractivity contribution in [2.45, 2.75) is 18.8 Å². The summed E-state index contributed by atoms with van der Waals surface area (Å²) in [5.74, 6) is 0.151. The molecule has 0 N–H and O–H groups in total. The van der Waals surface area contributed by atoms with Crippen LogP contribution < -0.4 is 0 Å². The van der Waals surface area contributed by atoms with E-state index in [9.17, 15) is 9.18 Å². The second kappa shape index (κ2) is 5.02. The smallest absolute Gasteiger partial charge is 0.152 e. The maximum absolute atomic E-state index is 13.6. The predicted octanol–water partition coefficient (Wildman–Crippen LogP) is 4.73. The largest absolute Gasteiger partial charge is 0.298 e. The van der Waals surface area contributed by atoms with E-state index in [1.165, 1.54) is 6.07 Å². The van der Waals surface area contributed by atoms with Gasteiger partial charge in [0.25, 0.3) is 0 Å². The van der Waals surface area contributed by atoms with Gasteiger partial charge in [0.1, 0.15) is 5.82 Å². The Hall–Kier alpha value is -2.55. The van der Waals surface area contributed by atoms with Crippen LogP contribution >= 0.6 is 0 Å². The molecule has 0 unspecified atom stereocenters. The molecule has 1 aliphatic carbocycles. The van der Waals surface area contributed by atoms with E-state index in [0.717, 1.165) is 41.2 Å². The third kappa shape index (κ3) is 2.19. The number of carbonyl (C=O) groups excluding carboxylic acids is 1. The molecule has 0 radical (unpaired) electrons. The molecule has 1 saturated carbocycles. The first-order valence-electron chi connectivity index (χ1n) is 7.41. The summed E-state index contributed by atoms with van der Waals surface area (Å²) >= 11 is 0. The molecule has 2 nitrogen and oxygen atoms in total. The summed E-state index contributed by atoms with van der Waals surface area (Å²) in [5, 5.41) is 0.934. The van der Waals surface area contributed by atoms with Gasteiger partial charge < -0.3 is 0 Å². The zero-order valence-corrected chi connectivity index (χ0v) is 11.9. The summed E-state index contributed by atoms with van der Waals surface area (Å²) in [4.78, 5) is 16.2. The Morgan fingerprint density at radius 1 is 1.09 bits per heavy atom. The third-order valence-corrected chi connectivity index (χ3v) is 4.17. The number of fused-ring (bicyclic) bond motifs is 1. The average molecular weight is 291 g/mol. The van der Waals surface area contributed by atoms with E-state index in [0.29, 0.717) is 17.2 Å². The van der Waals surface area contributed by atoms with Gasteiger partial charge in [0, 0.05) is 16.5 Å².